The Morgan fingerprint density at radius 2 is 1.92 bits per heavy atom. The number of pyridine rings is 1. The molecule has 7 nitrogen and oxygen atoms in total. The first-order valence-electron chi connectivity index (χ1n) is 8.60. The summed E-state index contributed by atoms with van der Waals surface area (Å²) in [5.74, 6) is -0.757. The maximum Gasteiger partial charge on any atom is 0.345 e. The number of nitrogens with zero attached hydrogens (tertiary/aromatic N) is 1. The molecule has 1 saturated heterocycles. The summed E-state index contributed by atoms with van der Waals surface area (Å²) in [4.78, 5) is 28.2. The number of aromatic hydroxyl groups is 1. The van der Waals surface area contributed by atoms with Crippen LogP contribution in [-0.4, -0.2) is 40.3 Å². The van der Waals surface area contributed by atoms with E-state index in [1.54, 1.807) is 6.92 Å². The van der Waals surface area contributed by atoms with Gasteiger partial charge in [-0.2, -0.15) is 0 Å². The smallest absolute Gasteiger partial charge is 0.345 e. The van der Waals surface area contributed by atoms with Crippen molar-refractivity contribution in [1.29, 1.82) is 0 Å². The summed E-state index contributed by atoms with van der Waals surface area (Å²) in [7, 11) is 0. The van der Waals surface area contributed by atoms with Gasteiger partial charge in [-0.25, -0.2) is 4.79 Å². The molecule has 4 rings (SSSR count). The third-order valence-electron chi connectivity index (χ3n) is 5.75. The van der Waals surface area contributed by atoms with Gasteiger partial charge in [0.2, 0.25) is 0 Å². The van der Waals surface area contributed by atoms with Gasteiger partial charge < -0.3 is 25.8 Å². The van der Waals surface area contributed by atoms with Crippen molar-refractivity contribution in [2.24, 2.45) is 17.6 Å². The molecule has 2 heterocycles. The van der Waals surface area contributed by atoms with Crippen molar-refractivity contribution in [3.63, 3.8) is 0 Å². The summed E-state index contributed by atoms with van der Waals surface area (Å²) < 4.78 is 0. The van der Waals surface area contributed by atoms with Gasteiger partial charge in [-0.3, -0.25) is 4.79 Å². The van der Waals surface area contributed by atoms with Gasteiger partial charge in [-0.15, -0.1) is 0 Å². The van der Waals surface area contributed by atoms with Crippen molar-refractivity contribution >= 4 is 11.7 Å². The first-order valence-corrected chi connectivity index (χ1v) is 8.60. The highest BCUT2D eigenvalue weighted by Crippen LogP contribution is 2.45. The third kappa shape index (κ3) is 2.39. The Morgan fingerprint density at radius 1 is 1.27 bits per heavy atom. The summed E-state index contributed by atoms with van der Waals surface area (Å²) in [6, 6.07) is 6.27. The molecule has 1 aliphatic heterocycles. The highest BCUT2D eigenvalue weighted by atomic mass is 16.4. The molecule has 0 amide bonds. The molecule has 26 heavy (non-hydrogen) atoms. The molecule has 1 aliphatic carbocycles. The van der Waals surface area contributed by atoms with Crippen molar-refractivity contribution < 1.29 is 15.0 Å². The zero-order valence-corrected chi connectivity index (χ0v) is 14.6. The highest BCUT2D eigenvalue weighted by Gasteiger charge is 2.53. The van der Waals surface area contributed by atoms with Crippen molar-refractivity contribution in [2.75, 3.05) is 18.0 Å². The third-order valence-corrected chi connectivity index (χ3v) is 5.75. The van der Waals surface area contributed by atoms with Gasteiger partial charge in [0.25, 0.3) is 5.56 Å². The van der Waals surface area contributed by atoms with E-state index in [9.17, 15) is 14.7 Å². The van der Waals surface area contributed by atoms with Gasteiger partial charge in [0.05, 0.1) is 5.69 Å². The predicted molar refractivity (Wildman–Crippen MR) is 97.8 cm³/mol. The maximum atomic E-state index is 12.1. The van der Waals surface area contributed by atoms with Gasteiger partial charge in [0.15, 0.2) is 5.56 Å². The molecule has 3 atom stereocenters. The molecule has 2 aliphatic rings. The maximum absolute atomic E-state index is 12.1. The Hall–Kier alpha value is -2.80. The molecule has 1 aromatic heterocycles. The zero-order chi connectivity index (χ0) is 18.7. The minimum Gasteiger partial charge on any atom is -0.506 e. The van der Waals surface area contributed by atoms with Crippen molar-refractivity contribution in [1.82, 2.24) is 4.98 Å². The number of hydrogen-bond donors (Lipinski definition) is 4. The zero-order valence-electron chi connectivity index (χ0n) is 14.6. The molecule has 136 valence electrons. The monoisotopic (exact) mass is 355 g/mol. The number of H-pyrrole nitrogens is 1. The topological polar surface area (TPSA) is 120 Å². The van der Waals surface area contributed by atoms with E-state index in [4.69, 9.17) is 10.8 Å². The van der Waals surface area contributed by atoms with Crippen LogP contribution in [-0.2, 0) is 0 Å². The number of fused-ring (bicyclic) bond motifs is 1. The van der Waals surface area contributed by atoms with E-state index >= 15 is 0 Å². The molecule has 1 saturated carbocycles. The number of aromatic carboxylic acids is 1. The molecular weight excluding hydrogens is 334 g/mol. The fourth-order valence-electron chi connectivity index (χ4n) is 4.06. The molecule has 0 unspecified atom stereocenters. The van der Waals surface area contributed by atoms with Crippen LogP contribution in [0.5, 0.6) is 5.75 Å². The normalized spacial score (nSPS) is 23.8. The average Bonchev–Trinajstić information content (AvgIpc) is 2.99. The Balaban J connectivity index is 1.71. The van der Waals surface area contributed by atoms with Crippen LogP contribution in [0, 0.1) is 25.7 Å². The number of anilines is 1. The number of aromatic amines is 1. The van der Waals surface area contributed by atoms with Crippen LogP contribution in [0.15, 0.2) is 23.0 Å². The van der Waals surface area contributed by atoms with E-state index < -0.39 is 22.8 Å². The van der Waals surface area contributed by atoms with Gasteiger partial charge in [0, 0.05) is 35.9 Å². The molecule has 5 N–H and O–H groups in total. The van der Waals surface area contributed by atoms with Crippen LogP contribution in [0.3, 0.4) is 0 Å². The minimum absolute atomic E-state index is 0.339. The number of aryl methyl sites for hydroxylation is 1. The van der Waals surface area contributed by atoms with E-state index in [0.29, 0.717) is 29.1 Å². The van der Waals surface area contributed by atoms with Gasteiger partial charge in [-0.1, -0.05) is 6.07 Å². The lowest BCUT2D eigenvalue weighted by molar-refractivity contribution is 0.0691. The summed E-state index contributed by atoms with van der Waals surface area (Å²) in [5, 5.41) is 19.2. The predicted octanol–water partition coefficient (Wildman–Crippen LogP) is 1.46. The van der Waals surface area contributed by atoms with E-state index in [1.165, 1.54) is 0 Å². The number of aromatic nitrogens is 1. The lowest BCUT2D eigenvalue weighted by atomic mass is 9.99. The molecule has 1 aromatic carbocycles. The Morgan fingerprint density at radius 3 is 2.50 bits per heavy atom. The molecule has 0 bridgehead atoms. The van der Waals surface area contributed by atoms with Crippen LogP contribution >= 0.6 is 0 Å². The van der Waals surface area contributed by atoms with E-state index in [-0.39, 0.29) is 0 Å². The number of carboxylic acids is 1. The second kappa shape index (κ2) is 5.60. The summed E-state index contributed by atoms with van der Waals surface area (Å²) >= 11 is 0. The van der Waals surface area contributed by atoms with Gasteiger partial charge in [-0.05, 0) is 43.4 Å². The number of carboxylic acid groups (broad SMARTS) is 1. The van der Waals surface area contributed by atoms with Gasteiger partial charge in [0.1, 0.15) is 5.75 Å². The number of benzene rings is 1. The van der Waals surface area contributed by atoms with E-state index in [2.05, 4.69) is 9.88 Å². The molecular formula is C19H21N3O4. The van der Waals surface area contributed by atoms with Crippen molar-refractivity contribution in [2.45, 2.75) is 19.9 Å². The fraction of sp³-hybridized carbons (Fsp3) is 0.368. The second-order valence-corrected chi connectivity index (χ2v) is 7.29. The number of rotatable bonds is 3. The Labute approximate surface area is 150 Å². The number of carbonyl (C=O) groups is 1. The highest BCUT2D eigenvalue weighted by molar-refractivity contribution is 5.92. The first-order chi connectivity index (χ1) is 12.3. The number of hydrogen-bond acceptors (Lipinski definition) is 5. The lowest BCUT2D eigenvalue weighted by Crippen LogP contribution is -2.27. The fourth-order valence-corrected chi connectivity index (χ4v) is 4.06. The van der Waals surface area contributed by atoms with Crippen LogP contribution in [0.25, 0.3) is 11.3 Å². The SMILES string of the molecule is Cc1cc(N2C[C@@H]3[C@@H](N)[C@@H]3C2)ccc1-c1[nH]c(=O)c(C(=O)O)c(O)c1C. The molecule has 0 spiro atoms. The molecule has 7 heteroatoms. The number of piperidine rings is 1. The molecule has 2 fully saturated rings. The Bertz CT molecular complexity index is 969. The minimum atomic E-state index is -1.45. The first kappa shape index (κ1) is 16.7. The summed E-state index contributed by atoms with van der Waals surface area (Å²) in [6.07, 6.45) is 0. The largest absolute Gasteiger partial charge is 0.506 e. The number of nitrogens with two attached hydrogens (primary N) is 1. The van der Waals surface area contributed by atoms with Crippen molar-refractivity contribution in [3.8, 4) is 17.0 Å². The van der Waals surface area contributed by atoms with E-state index in [1.807, 2.05) is 25.1 Å². The number of nitrogens with one attached hydrogen (secondary N) is 1. The molecule has 0 radical (unpaired) electrons. The van der Waals surface area contributed by atoms with Crippen LogP contribution in [0.2, 0.25) is 0 Å². The average molecular weight is 355 g/mol. The summed E-state index contributed by atoms with van der Waals surface area (Å²) in [6.45, 7) is 5.46. The van der Waals surface area contributed by atoms with Crippen molar-refractivity contribution in [3.05, 3.63) is 45.2 Å². The molecule has 2 aromatic rings. The Kier molecular flexibility index (Phi) is 3.59. The lowest BCUT2D eigenvalue weighted by Gasteiger charge is -2.23. The van der Waals surface area contributed by atoms with Crippen LogP contribution in [0.4, 0.5) is 5.69 Å². The standard InChI is InChI=1S/C19H21N3O4/c1-8-5-10(22-6-12-13(7-22)15(12)20)3-4-11(8)16-9(2)17(23)14(19(25)26)18(24)21-16/h3-5,12-13,15H,6-7,20H2,1-2H3,(H,25,26)(H2,21,23,24)/t12-,13+,15+. The van der Waals surface area contributed by atoms with Crippen LogP contribution < -0.4 is 16.2 Å². The van der Waals surface area contributed by atoms with Gasteiger partial charge >= 0.3 is 5.97 Å². The summed E-state index contributed by atoms with van der Waals surface area (Å²) in [5.41, 5.74) is 8.14. The van der Waals surface area contributed by atoms with Crippen LogP contribution in [0.1, 0.15) is 21.5 Å². The second-order valence-electron chi connectivity index (χ2n) is 7.29. The quantitative estimate of drug-likeness (QED) is 0.662. The van der Waals surface area contributed by atoms with E-state index in [0.717, 1.165) is 29.9 Å².